The van der Waals surface area contributed by atoms with Crippen LogP contribution in [0.3, 0.4) is 0 Å². The third-order valence-electron chi connectivity index (χ3n) is 2.80. The minimum absolute atomic E-state index is 0.1000. The van der Waals surface area contributed by atoms with Crippen molar-refractivity contribution in [2.45, 2.75) is 13.5 Å². The van der Waals surface area contributed by atoms with Crippen LogP contribution in [0, 0.1) is 6.92 Å². The van der Waals surface area contributed by atoms with Crippen LogP contribution in [0.4, 0.5) is 0 Å². The highest BCUT2D eigenvalue weighted by molar-refractivity contribution is 6.30. The van der Waals surface area contributed by atoms with Crippen molar-refractivity contribution in [3.63, 3.8) is 0 Å². The highest BCUT2D eigenvalue weighted by atomic mass is 35.5. The number of aryl methyl sites for hydroxylation is 1. The van der Waals surface area contributed by atoms with Gasteiger partial charge in [0.15, 0.2) is 0 Å². The van der Waals surface area contributed by atoms with Gasteiger partial charge in [-0.2, -0.15) is 0 Å². The number of carbonyl (C=O) groups excluding carboxylic acids is 1. The number of aromatic nitrogens is 2. The van der Waals surface area contributed by atoms with E-state index in [0.717, 1.165) is 0 Å². The Morgan fingerprint density at radius 1 is 1.45 bits per heavy atom. The van der Waals surface area contributed by atoms with Crippen molar-refractivity contribution in [3.8, 4) is 0 Å². The van der Waals surface area contributed by atoms with Gasteiger partial charge in [0.25, 0.3) is 11.5 Å². The summed E-state index contributed by atoms with van der Waals surface area (Å²) in [6.07, 6.45) is 2.98. The zero-order valence-corrected chi connectivity index (χ0v) is 11.7. The Morgan fingerprint density at radius 3 is 3.00 bits per heavy atom. The smallest absolute Gasteiger partial charge is 0.256 e. The molecule has 2 aromatic rings. The number of halogens is 1. The lowest BCUT2D eigenvalue weighted by Gasteiger charge is -2.08. The van der Waals surface area contributed by atoms with Crippen LogP contribution in [-0.2, 0) is 6.54 Å². The summed E-state index contributed by atoms with van der Waals surface area (Å²) in [5, 5.41) is 3.25. The van der Waals surface area contributed by atoms with Gasteiger partial charge in [-0.15, -0.1) is 0 Å². The molecule has 1 aromatic heterocycles. The second-order valence-corrected chi connectivity index (χ2v) is 4.78. The molecule has 0 unspecified atom stereocenters. The summed E-state index contributed by atoms with van der Waals surface area (Å²) in [6, 6.07) is 6.70. The fourth-order valence-electron chi connectivity index (χ4n) is 1.74. The first-order chi connectivity index (χ1) is 9.58. The number of carbonyl (C=O) groups is 1. The molecule has 0 bridgehead atoms. The Balaban J connectivity index is 1.95. The minimum atomic E-state index is -0.221. The second-order valence-electron chi connectivity index (χ2n) is 4.34. The summed E-state index contributed by atoms with van der Waals surface area (Å²) in [5.74, 6) is -0.221. The third kappa shape index (κ3) is 3.45. The summed E-state index contributed by atoms with van der Waals surface area (Å²) in [4.78, 5) is 27.6. The van der Waals surface area contributed by atoms with E-state index in [-0.39, 0.29) is 11.5 Å². The van der Waals surface area contributed by atoms with Crippen molar-refractivity contribution in [2.75, 3.05) is 6.54 Å². The average Bonchev–Trinajstić information content (AvgIpc) is 2.43. The van der Waals surface area contributed by atoms with E-state index >= 15 is 0 Å². The normalized spacial score (nSPS) is 10.3. The molecule has 0 atom stereocenters. The molecule has 0 saturated heterocycles. The van der Waals surface area contributed by atoms with Crippen molar-refractivity contribution in [1.82, 2.24) is 14.9 Å². The lowest BCUT2D eigenvalue weighted by Crippen LogP contribution is -2.31. The largest absolute Gasteiger partial charge is 0.350 e. The topological polar surface area (TPSA) is 64.0 Å². The number of nitrogens with zero attached hydrogens (tertiary/aromatic N) is 2. The minimum Gasteiger partial charge on any atom is -0.350 e. The summed E-state index contributed by atoms with van der Waals surface area (Å²) < 4.78 is 1.47. The maximum Gasteiger partial charge on any atom is 0.256 e. The summed E-state index contributed by atoms with van der Waals surface area (Å²) in [6.45, 7) is 2.42. The van der Waals surface area contributed by atoms with Gasteiger partial charge in [0, 0.05) is 35.4 Å². The highest BCUT2D eigenvalue weighted by Crippen LogP contribution is 2.10. The number of amides is 1. The zero-order chi connectivity index (χ0) is 14.5. The van der Waals surface area contributed by atoms with Crippen LogP contribution in [0.2, 0.25) is 5.02 Å². The lowest BCUT2D eigenvalue weighted by atomic mass is 10.2. The Kier molecular flexibility index (Phi) is 4.53. The maximum atomic E-state index is 11.9. The molecule has 5 nitrogen and oxygen atoms in total. The summed E-state index contributed by atoms with van der Waals surface area (Å²) >= 11 is 5.82. The third-order valence-corrected chi connectivity index (χ3v) is 3.03. The number of rotatable bonds is 4. The molecule has 0 aliphatic heterocycles. The van der Waals surface area contributed by atoms with Crippen molar-refractivity contribution in [2.24, 2.45) is 0 Å². The van der Waals surface area contributed by atoms with Gasteiger partial charge in [-0.1, -0.05) is 17.7 Å². The molecular formula is C14H14ClN3O2. The molecule has 0 aliphatic rings. The van der Waals surface area contributed by atoms with Crippen LogP contribution in [0.25, 0.3) is 0 Å². The molecule has 0 saturated carbocycles. The molecular weight excluding hydrogens is 278 g/mol. The van der Waals surface area contributed by atoms with Crippen LogP contribution in [0.5, 0.6) is 0 Å². The van der Waals surface area contributed by atoms with Crippen LogP contribution in [0.15, 0.2) is 41.6 Å². The van der Waals surface area contributed by atoms with Gasteiger partial charge in [-0.25, -0.2) is 4.98 Å². The fourth-order valence-corrected chi connectivity index (χ4v) is 1.93. The Bertz CT molecular complexity index is 682. The Hall–Kier alpha value is -2.14. The van der Waals surface area contributed by atoms with E-state index in [0.29, 0.717) is 29.2 Å². The van der Waals surface area contributed by atoms with Crippen LogP contribution < -0.4 is 10.9 Å². The van der Waals surface area contributed by atoms with Crippen molar-refractivity contribution >= 4 is 17.5 Å². The predicted octanol–water partition coefficient (Wildman–Crippen LogP) is 1.64. The molecule has 1 amide bonds. The van der Waals surface area contributed by atoms with Crippen molar-refractivity contribution in [1.29, 1.82) is 0 Å². The van der Waals surface area contributed by atoms with Gasteiger partial charge >= 0.3 is 0 Å². The molecule has 20 heavy (non-hydrogen) atoms. The molecule has 6 heteroatoms. The number of benzene rings is 1. The van der Waals surface area contributed by atoms with E-state index in [4.69, 9.17) is 11.6 Å². The van der Waals surface area contributed by atoms with Crippen LogP contribution in [-0.4, -0.2) is 22.0 Å². The zero-order valence-electron chi connectivity index (χ0n) is 11.0. The number of hydrogen-bond donors (Lipinski definition) is 1. The SMILES string of the molecule is Cc1cncn(CCNC(=O)c2cccc(Cl)c2)c1=O. The summed E-state index contributed by atoms with van der Waals surface area (Å²) in [5.41, 5.74) is 0.970. The molecule has 0 fully saturated rings. The highest BCUT2D eigenvalue weighted by Gasteiger charge is 2.05. The average molecular weight is 292 g/mol. The molecule has 2 rings (SSSR count). The van der Waals surface area contributed by atoms with E-state index in [2.05, 4.69) is 10.3 Å². The fraction of sp³-hybridized carbons (Fsp3) is 0.214. The monoisotopic (exact) mass is 291 g/mol. The Labute approximate surface area is 121 Å². The molecule has 0 radical (unpaired) electrons. The van der Waals surface area contributed by atoms with Crippen LogP contribution in [0.1, 0.15) is 15.9 Å². The van der Waals surface area contributed by atoms with Gasteiger partial charge in [0.05, 0.1) is 6.33 Å². The van der Waals surface area contributed by atoms with Crippen molar-refractivity contribution < 1.29 is 4.79 Å². The van der Waals surface area contributed by atoms with E-state index in [9.17, 15) is 9.59 Å². The second kappa shape index (κ2) is 6.34. The van der Waals surface area contributed by atoms with E-state index in [1.165, 1.54) is 17.1 Å². The van der Waals surface area contributed by atoms with Gasteiger partial charge in [-0.05, 0) is 25.1 Å². The first kappa shape index (κ1) is 14.3. The quantitative estimate of drug-likeness (QED) is 0.931. The lowest BCUT2D eigenvalue weighted by molar-refractivity contribution is 0.0952. The molecule has 104 valence electrons. The molecule has 1 aromatic carbocycles. The molecule has 0 spiro atoms. The van der Waals surface area contributed by atoms with Gasteiger partial charge in [-0.3, -0.25) is 14.2 Å². The van der Waals surface area contributed by atoms with Crippen LogP contribution >= 0.6 is 11.6 Å². The van der Waals surface area contributed by atoms with Gasteiger partial charge in [0.1, 0.15) is 0 Å². The maximum absolute atomic E-state index is 11.9. The summed E-state index contributed by atoms with van der Waals surface area (Å²) in [7, 11) is 0. The number of nitrogens with one attached hydrogen (secondary N) is 1. The van der Waals surface area contributed by atoms with E-state index < -0.39 is 0 Å². The standard InChI is InChI=1S/C14H14ClN3O2/c1-10-8-16-9-18(14(10)20)6-5-17-13(19)11-3-2-4-12(15)7-11/h2-4,7-9H,5-6H2,1H3,(H,17,19). The predicted molar refractivity (Wildman–Crippen MR) is 77.0 cm³/mol. The molecule has 1 N–H and O–H groups in total. The molecule has 1 heterocycles. The van der Waals surface area contributed by atoms with E-state index in [1.54, 1.807) is 31.2 Å². The van der Waals surface area contributed by atoms with Gasteiger partial charge < -0.3 is 5.32 Å². The van der Waals surface area contributed by atoms with Gasteiger partial charge in [0.2, 0.25) is 0 Å². The van der Waals surface area contributed by atoms with E-state index in [1.807, 2.05) is 0 Å². The Morgan fingerprint density at radius 2 is 2.25 bits per heavy atom. The molecule has 0 aliphatic carbocycles. The van der Waals surface area contributed by atoms with Crippen molar-refractivity contribution in [3.05, 3.63) is 63.3 Å². The number of hydrogen-bond acceptors (Lipinski definition) is 3. The first-order valence-corrected chi connectivity index (χ1v) is 6.50. The first-order valence-electron chi connectivity index (χ1n) is 6.13.